The van der Waals surface area contributed by atoms with E-state index >= 15 is 0 Å². The maximum absolute atomic E-state index is 12.3. The number of rotatable bonds is 4. The molecule has 3 fully saturated rings. The summed E-state index contributed by atoms with van der Waals surface area (Å²) in [6.07, 6.45) is 3.23. The molecule has 3 rings (SSSR count). The lowest BCUT2D eigenvalue weighted by atomic mass is 9.81. The van der Waals surface area contributed by atoms with Gasteiger partial charge in [0.25, 0.3) is 5.91 Å². The molecule has 8 heteroatoms. The summed E-state index contributed by atoms with van der Waals surface area (Å²) >= 11 is 0. The first-order valence-corrected chi connectivity index (χ1v) is 8.87. The second-order valence-electron chi connectivity index (χ2n) is 6.94. The Morgan fingerprint density at radius 1 is 1.16 bits per heavy atom. The third-order valence-electron chi connectivity index (χ3n) is 5.17. The van der Waals surface area contributed by atoms with Crippen LogP contribution in [0.25, 0.3) is 0 Å². The summed E-state index contributed by atoms with van der Waals surface area (Å²) in [5, 5.41) is 0. The number of fused-ring (bicyclic) bond motifs is 1. The Balaban J connectivity index is 1.48. The van der Waals surface area contributed by atoms with Gasteiger partial charge < -0.3 is 14.4 Å². The number of carbonyl (C=O) groups is 4. The third-order valence-corrected chi connectivity index (χ3v) is 5.17. The number of imide groups is 1. The Hall–Kier alpha value is -1.96. The van der Waals surface area contributed by atoms with E-state index < -0.39 is 12.5 Å². The zero-order chi connectivity index (χ0) is 18.0. The lowest BCUT2D eigenvalue weighted by Crippen LogP contribution is -2.46. The van der Waals surface area contributed by atoms with Crippen molar-refractivity contribution in [1.29, 1.82) is 0 Å². The molecule has 2 heterocycles. The number of carbonyl (C=O) groups excluding carboxylic acids is 4. The van der Waals surface area contributed by atoms with E-state index in [2.05, 4.69) is 0 Å². The molecule has 0 bridgehead atoms. The van der Waals surface area contributed by atoms with Crippen molar-refractivity contribution >= 4 is 23.7 Å². The minimum atomic E-state index is -0.727. The van der Waals surface area contributed by atoms with Crippen molar-refractivity contribution in [2.75, 3.05) is 32.8 Å². The largest absolute Gasteiger partial charge is 0.454 e. The molecule has 2 saturated heterocycles. The molecule has 0 spiro atoms. The van der Waals surface area contributed by atoms with Crippen LogP contribution in [0.2, 0.25) is 0 Å². The standard InChI is InChI=1S/C17H24N2O6/c1-11-8-18(6-7-24-11)14(20)10-25-15(21)9-19-16(22)12-4-2-3-5-13(12)17(19)23/h11-13H,2-10H2,1H3. The molecule has 3 unspecified atom stereocenters. The number of esters is 1. The monoisotopic (exact) mass is 352 g/mol. The molecule has 1 saturated carbocycles. The Bertz CT molecular complexity index is 553. The van der Waals surface area contributed by atoms with Crippen LogP contribution in [0, 0.1) is 11.8 Å². The van der Waals surface area contributed by atoms with Gasteiger partial charge in [-0.25, -0.2) is 0 Å². The molecule has 0 aromatic heterocycles. The number of hydrogen-bond donors (Lipinski definition) is 0. The van der Waals surface area contributed by atoms with Gasteiger partial charge in [0.1, 0.15) is 6.54 Å². The van der Waals surface area contributed by atoms with Crippen LogP contribution in [-0.4, -0.2) is 72.4 Å². The van der Waals surface area contributed by atoms with E-state index in [1.54, 1.807) is 4.90 Å². The first kappa shape index (κ1) is 17.8. The van der Waals surface area contributed by atoms with E-state index in [9.17, 15) is 19.2 Å². The molecule has 3 atom stereocenters. The van der Waals surface area contributed by atoms with E-state index in [-0.39, 0.29) is 42.3 Å². The first-order valence-electron chi connectivity index (χ1n) is 8.87. The van der Waals surface area contributed by atoms with Crippen LogP contribution in [0.15, 0.2) is 0 Å². The van der Waals surface area contributed by atoms with Gasteiger partial charge in [0.15, 0.2) is 6.61 Å². The smallest absolute Gasteiger partial charge is 0.326 e. The van der Waals surface area contributed by atoms with Crippen molar-refractivity contribution in [2.45, 2.75) is 38.7 Å². The molecule has 8 nitrogen and oxygen atoms in total. The fourth-order valence-corrected chi connectivity index (χ4v) is 3.84. The van der Waals surface area contributed by atoms with Crippen LogP contribution < -0.4 is 0 Å². The Labute approximate surface area is 146 Å². The Morgan fingerprint density at radius 2 is 1.80 bits per heavy atom. The molecule has 0 radical (unpaired) electrons. The third kappa shape index (κ3) is 3.84. The molecule has 0 aromatic rings. The van der Waals surface area contributed by atoms with Gasteiger partial charge >= 0.3 is 5.97 Å². The zero-order valence-electron chi connectivity index (χ0n) is 14.4. The SMILES string of the molecule is CC1CN(C(=O)COC(=O)CN2C(=O)C3CCCCC3C2=O)CCO1. The topological polar surface area (TPSA) is 93.2 Å². The summed E-state index contributed by atoms with van der Waals surface area (Å²) in [5.41, 5.74) is 0. The van der Waals surface area contributed by atoms with Gasteiger partial charge in [-0.15, -0.1) is 0 Å². The van der Waals surface area contributed by atoms with E-state index in [0.29, 0.717) is 32.5 Å². The number of likely N-dealkylation sites (tertiary alicyclic amines) is 1. The van der Waals surface area contributed by atoms with E-state index in [4.69, 9.17) is 9.47 Å². The van der Waals surface area contributed by atoms with E-state index in [0.717, 1.165) is 17.7 Å². The van der Waals surface area contributed by atoms with Gasteiger partial charge in [0.2, 0.25) is 11.8 Å². The minimum absolute atomic E-state index is 0.0448. The van der Waals surface area contributed by atoms with Crippen molar-refractivity contribution in [3.05, 3.63) is 0 Å². The van der Waals surface area contributed by atoms with Crippen molar-refractivity contribution < 1.29 is 28.7 Å². The van der Waals surface area contributed by atoms with Crippen LogP contribution in [0.3, 0.4) is 0 Å². The van der Waals surface area contributed by atoms with Crippen molar-refractivity contribution in [1.82, 2.24) is 9.80 Å². The number of hydrogen-bond acceptors (Lipinski definition) is 6. The van der Waals surface area contributed by atoms with Crippen molar-refractivity contribution in [3.8, 4) is 0 Å². The minimum Gasteiger partial charge on any atom is -0.454 e. The predicted octanol–water partition coefficient (Wildman–Crippen LogP) is -0.0479. The van der Waals surface area contributed by atoms with Crippen LogP contribution in [-0.2, 0) is 28.7 Å². The first-order chi connectivity index (χ1) is 12.0. The highest BCUT2D eigenvalue weighted by Crippen LogP contribution is 2.37. The maximum Gasteiger partial charge on any atom is 0.326 e. The normalized spacial score (nSPS) is 29.6. The van der Waals surface area contributed by atoms with Crippen LogP contribution in [0.4, 0.5) is 0 Å². The molecule has 1 aliphatic carbocycles. The molecule has 0 aromatic carbocycles. The predicted molar refractivity (Wildman–Crippen MR) is 85.1 cm³/mol. The molecule has 25 heavy (non-hydrogen) atoms. The van der Waals surface area contributed by atoms with Gasteiger partial charge in [-0.3, -0.25) is 24.1 Å². The Morgan fingerprint density at radius 3 is 2.40 bits per heavy atom. The highest BCUT2D eigenvalue weighted by Gasteiger charge is 2.48. The van der Waals surface area contributed by atoms with Gasteiger partial charge in [-0.2, -0.15) is 0 Å². The number of amides is 3. The lowest BCUT2D eigenvalue weighted by Gasteiger charge is -2.31. The Kier molecular flexibility index (Phi) is 5.36. The van der Waals surface area contributed by atoms with E-state index in [1.165, 1.54) is 0 Å². The average Bonchev–Trinajstić information content (AvgIpc) is 2.85. The number of ether oxygens (including phenoxy) is 2. The van der Waals surface area contributed by atoms with Crippen LogP contribution >= 0.6 is 0 Å². The summed E-state index contributed by atoms with van der Waals surface area (Å²) in [5.74, 6) is -2.15. The fourth-order valence-electron chi connectivity index (χ4n) is 3.84. The average molecular weight is 352 g/mol. The summed E-state index contributed by atoms with van der Waals surface area (Å²) in [4.78, 5) is 51.3. The number of morpholine rings is 1. The van der Waals surface area contributed by atoms with Crippen molar-refractivity contribution in [3.63, 3.8) is 0 Å². The van der Waals surface area contributed by atoms with Gasteiger partial charge in [-0.05, 0) is 19.8 Å². The molecular formula is C17H24N2O6. The van der Waals surface area contributed by atoms with Crippen molar-refractivity contribution in [2.24, 2.45) is 11.8 Å². The number of nitrogens with zero attached hydrogens (tertiary/aromatic N) is 2. The van der Waals surface area contributed by atoms with Gasteiger partial charge in [0, 0.05) is 13.1 Å². The summed E-state index contributed by atoms with van der Waals surface area (Å²) in [6, 6.07) is 0. The molecule has 0 N–H and O–H groups in total. The van der Waals surface area contributed by atoms with Gasteiger partial charge in [0.05, 0.1) is 24.5 Å². The quantitative estimate of drug-likeness (QED) is 0.520. The summed E-state index contributed by atoms with van der Waals surface area (Å²) in [6.45, 7) is 2.47. The molecule has 3 amide bonds. The molecular weight excluding hydrogens is 328 g/mol. The van der Waals surface area contributed by atoms with Crippen LogP contribution in [0.1, 0.15) is 32.6 Å². The van der Waals surface area contributed by atoms with E-state index in [1.807, 2.05) is 6.92 Å². The van der Waals surface area contributed by atoms with Crippen LogP contribution in [0.5, 0.6) is 0 Å². The zero-order valence-corrected chi connectivity index (χ0v) is 14.4. The molecule has 138 valence electrons. The molecule has 3 aliphatic rings. The highest BCUT2D eigenvalue weighted by atomic mass is 16.5. The van der Waals surface area contributed by atoms with Gasteiger partial charge in [-0.1, -0.05) is 12.8 Å². The second-order valence-corrected chi connectivity index (χ2v) is 6.94. The summed E-state index contributed by atoms with van der Waals surface area (Å²) in [7, 11) is 0. The maximum atomic E-state index is 12.3. The molecule has 2 aliphatic heterocycles. The fraction of sp³-hybridized carbons (Fsp3) is 0.765. The lowest BCUT2D eigenvalue weighted by molar-refractivity contribution is -0.158. The second kappa shape index (κ2) is 7.51. The summed E-state index contributed by atoms with van der Waals surface area (Å²) < 4.78 is 10.3. The highest BCUT2D eigenvalue weighted by molar-refractivity contribution is 6.07.